The summed E-state index contributed by atoms with van der Waals surface area (Å²) in [7, 11) is 0. The minimum atomic E-state index is -0.157. The van der Waals surface area contributed by atoms with Gasteiger partial charge in [0.05, 0.1) is 18.1 Å². The van der Waals surface area contributed by atoms with Crippen molar-refractivity contribution < 1.29 is 9.53 Å². The Morgan fingerprint density at radius 2 is 2.20 bits per heavy atom. The van der Waals surface area contributed by atoms with Crippen LogP contribution < -0.4 is 10.1 Å². The highest BCUT2D eigenvalue weighted by molar-refractivity contribution is 7.15. The molecular formula is C13H14ClN3O2S. The van der Waals surface area contributed by atoms with Gasteiger partial charge in [-0.15, -0.1) is 10.2 Å². The van der Waals surface area contributed by atoms with E-state index < -0.39 is 0 Å². The van der Waals surface area contributed by atoms with E-state index in [0.717, 1.165) is 11.4 Å². The first kappa shape index (κ1) is 14.7. The molecule has 0 fully saturated rings. The number of carbonyl (C=O) groups is 1. The topological polar surface area (TPSA) is 64.1 Å². The fraction of sp³-hybridized carbons (Fsp3) is 0.308. The summed E-state index contributed by atoms with van der Waals surface area (Å²) in [6.45, 7) is 2.25. The van der Waals surface area contributed by atoms with Gasteiger partial charge >= 0.3 is 0 Å². The molecule has 20 heavy (non-hydrogen) atoms. The molecule has 0 saturated heterocycles. The number of nitrogens with one attached hydrogen (secondary N) is 1. The molecule has 0 aliphatic rings. The van der Waals surface area contributed by atoms with E-state index >= 15 is 0 Å². The molecule has 0 radical (unpaired) electrons. The van der Waals surface area contributed by atoms with Gasteiger partial charge in [-0.25, -0.2) is 0 Å². The van der Waals surface area contributed by atoms with Crippen molar-refractivity contribution in [3.8, 4) is 5.75 Å². The Balaban J connectivity index is 1.77. The number of aryl methyl sites for hydroxylation is 1. The van der Waals surface area contributed by atoms with Crippen LogP contribution in [0.25, 0.3) is 0 Å². The Kier molecular flexibility index (Phi) is 5.31. The summed E-state index contributed by atoms with van der Waals surface area (Å²) in [5.41, 5.74) is 0. The summed E-state index contributed by atoms with van der Waals surface area (Å²) >= 11 is 7.32. The quantitative estimate of drug-likeness (QED) is 0.890. The molecule has 0 atom stereocenters. The van der Waals surface area contributed by atoms with Crippen LogP contribution in [0, 0.1) is 0 Å². The number of hydrogen-bond donors (Lipinski definition) is 1. The molecule has 1 amide bonds. The van der Waals surface area contributed by atoms with E-state index in [9.17, 15) is 4.79 Å². The molecule has 7 heteroatoms. The number of anilines is 1. The summed E-state index contributed by atoms with van der Waals surface area (Å²) in [6, 6.07) is 7.15. The lowest BCUT2D eigenvalue weighted by atomic mass is 10.3. The Hall–Kier alpha value is -1.66. The number of halogens is 1. The largest absolute Gasteiger partial charge is 0.491 e. The van der Waals surface area contributed by atoms with E-state index in [0.29, 0.717) is 15.9 Å². The van der Waals surface area contributed by atoms with Gasteiger partial charge in [-0.1, -0.05) is 42.0 Å². The standard InChI is InChI=1S/C13H14ClN3O2S/c1-2-12-16-17-13(20-12)15-11(18)7-8-19-10-6-4-3-5-9(10)14/h3-6H,2,7-8H2,1H3,(H,15,17,18). The maximum atomic E-state index is 11.7. The van der Waals surface area contributed by atoms with Crippen LogP contribution in [0.3, 0.4) is 0 Å². The molecular weight excluding hydrogens is 298 g/mol. The fourth-order valence-corrected chi connectivity index (χ4v) is 2.33. The minimum Gasteiger partial charge on any atom is -0.491 e. The lowest BCUT2D eigenvalue weighted by Crippen LogP contribution is -2.15. The smallest absolute Gasteiger partial charge is 0.229 e. The molecule has 106 valence electrons. The van der Waals surface area contributed by atoms with Gasteiger partial charge in [-0.2, -0.15) is 0 Å². The van der Waals surface area contributed by atoms with Crippen molar-refractivity contribution in [2.24, 2.45) is 0 Å². The molecule has 0 saturated carbocycles. The third-order valence-electron chi connectivity index (χ3n) is 2.44. The maximum Gasteiger partial charge on any atom is 0.229 e. The minimum absolute atomic E-state index is 0.157. The highest BCUT2D eigenvalue weighted by Gasteiger charge is 2.08. The monoisotopic (exact) mass is 311 g/mol. The van der Waals surface area contributed by atoms with Gasteiger partial charge in [-0.05, 0) is 18.6 Å². The molecule has 1 heterocycles. The van der Waals surface area contributed by atoms with Crippen LogP contribution in [0.2, 0.25) is 5.02 Å². The van der Waals surface area contributed by atoms with Gasteiger partial charge in [0.25, 0.3) is 0 Å². The summed E-state index contributed by atoms with van der Waals surface area (Å²) in [5.74, 6) is 0.419. The lowest BCUT2D eigenvalue weighted by Gasteiger charge is -2.07. The van der Waals surface area contributed by atoms with Crippen LogP contribution in [0.5, 0.6) is 5.75 Å². The van der Waals surface area contributed by atoms with E-state index in [-0.39, 0.29) is 18.9 Å². The summed E-state index contributed by atoms with van der Waals surface area (Å²) in [4.78, 5) is 11.7. The van der Waals surface area contributed by atoms with E-state index in [4.69, 9.17) is 16.3 Å². The van der Waals surface area contributed by atoms with Crippen molar-refractivity contribution in [3.05, 3.63) is 34.3 Å². The number of ether oxygens (including phenoxy) is 1. The third kappa shape index (κ3) is 4.18. The van der Waals surface area contributed by atoms with E-state index in [1.54, 1.807) is 12.1 Å². The van der Waals surface area contributed by atoms with Crippen molar-refractivity contribution in [2.45, 2.75) is 19.8 Å². The Morgan fingerprint density at radius 1 is 1.40 bits per heavy atom. The second-order valence-corrected chi connectivity index (χ2v) is 5.40. The first-order chi connectivity index (χ1) is 9.69. The number of carbonyl (C=O) groups excluding carboxylic acids is 1. The number of benzene rings is 1. The number of amides is 1. The predicted octanol–water partition coefficient (Wildman–Crippen LogP) is 3.16. The predicted molar refractivity (Wildman–Crippen MR) is 79.5 cm³/mol. The molecule has 2 aromatic rings. The lowest BCUT2D eigenvalue weighted by molar-refractivity contribution is -0.116. The number of hydrogen-bond acceptors (Lipinski definition) is 5. The summed E-state index contributed by atoms with van der Waals surface area (Å²) < 4.78 is 5.45. The highest BCUT2D eigenvalue weighted by Crippen LogP contribution is 2.23. The third-order valence-corrected chi connectivity index (χ3v) is 3.73. The summed E-state index contributed by atoms with van der Waals surface area (Å²) in [5, 5.41) is 12.5. The SMILES string of the molecule is CCc1nnc(NC(=O)CCOc2ccccc2Cl)s1. The van der Waals surface area contributed by atoms with Crippen LogP contribution in [0.1, 0.15) is 18.4 Å². The van der Waals surface area contributed by atoms with Crippen molar-refractivity contribution in [1.82, 2.24) is 10.2 Å². The van der Waals surface area contributed by atoms with E-state index in [1.807, 2.05) is 19.1 Å². The van der Waals surface area contributed by atoms with Gasteiger partial charge in [0, 0.05) is 0 Å². The van der Waals surface area contributed by atoms with Gasteiger partial charge in [0.1, 0.15) is 10.8 Å². The van der Waals surface area contributed by atoms with Crippen LogP contribution in [-0.2, 0) is 11.2 Å². The number of aromatic nitrogens is 2. The average Bonchev–Trinajstić information content (AvgIpc) is 2.88. The van der Waals surface area contributed by atoms with Crippen molar-refractivity contribution in [3.63, 3.8) is 0 Å². The van der Waals surface area contributed by atoms with Gasteiger partial charge in [0.2, 0.25) is 11.0 Å². The maximum absolute atomic E-state index is 11.7. The van der Waals surface area contributed by atoms with Crippen LogP contribution in [0.4, 0.5) is 5.13 Å². The number of nitrogens with zero attached hydrogens (tertiary/aromatic N) is 2. The van der Waals surface area contributed by atoms with Gasteiger partial charge < -0.3 is 10.1 Å². The summed E-state index contributed by atoms with van der Waals surface area (Å²) in [6.07, 6.45) is 1.04. The second-order valence-electron chi connectivity index (χ2n) is 3.93. The Bertz CT molecular complexity index is 589. The number of para-hydroxylation sites is 1. The zero-order chi connectivity index (χ0) is 14.4. The Labute approximate surface area is 125 Å². The normalized spacial score (nSPS) is 10.3. The molecule has 0 bridgehead atoms. The molecule has 5 nitrogen and oxygen atoms in total. The number of rotatable bonds is 6. The molecule has 1 N–H and O–H groups in total. The van der Waals surface area contributed by atoms with Gasteiger partial charge in [0.15, 0.2) is 0 Å². The van der Waals surface area contributed by atoms with Crippen LogP contribution in [-0.4, -0.2) is 22.7 Å². The Morgan fingerprint density at radius 3 is 2.90 bits per heavy atom. The first-order valence-corrected chi connectivity index (χ1v) is 7.38. The molecule has 2 rings (SSSR count). The van der Waals surface area contributed by atoms with Crippen molar-refractivity contribution >= 4 is 34.0 Å². The zero-order valence-corrected chi connectivity index (χ0v) is 12.5. The highest BCUT2D eigenvalue weighted by atomic mass is 35.5. The molecule has 0 unspecified atom stereocenters. The molecule has 1 aromatic carbocycles. The second kappa shape index (κ2) is 7.21. The first-order valence-electron chi connectivity index (χ1n) is 6.18. The average molecular weight is 312 g/mol. The molecule has 0 aliphatic heterocycles. The zero-order valence-electron chi connectivity index (χ0n) is 10.9. The van der Waals surface area contributed by atoms with Crippen molar-refractivity contribution in [1.29, 1.82) is 0 Å². The van der Waals surface area contributed by atoms with Gasteiger partial charge in [-0.3, -0.25) is 4.79 Å². The van der Waals surface area contributed by atoms with Crippen LogP contribution >= 0.6 is 22.9 Å². The van der Waals surface area contributed by atoms with E-state index in [1.165, 1.54) is 11.3 Å². The molecule has 1 aromatic heterocycles. The molecule has 0 aliphatic carbocycles. The fourth-order valence-electron chi connectivity index (χ4n) is 1.44. The van der Waals surface area contributed by atoms with E-state index in [2.05, 4.69) is 15.5 Å². The van der Waals surface area contributed by atoms with Crippen LogP contribution in [0.15, 0.2) is 24.3 Å². The van der Waals surface area contributed by atoms with Crippen molar-refractivity contribution in [2.75, 3.05) is 11.9 Å². The molecule has 0 spiro atoms.